The summed E-state index contributed by atoms with van der Waals surface area (Å²) >= 11 is 11.8. The van der Waals surface area contributed by atoms with E-state index in [1.54, 1.807) is 32.4 Å². The Hall–Kier alpha value is -5.28. The highest BCUT2D eigenvalue weighted by Gasteiger charge is 2.22. The van der Waals surface area contributed by atoms with Crippen molar-refractivity contribution in [1.29, 1.82) is 0 Å². The van der Waals surface area contributed by atoms with Crippen LogP contribution in [0.5, 0.6) is 23.0 Å². The summed E-state index contributed by atoms with van der Waals surface area (Å²) in [5, 5.41) is 7.94. The molecule has 4 heterocycles. The van der Waals surface area contributed by atoms with Crippen LogP contribution in [0.3, 0.4) is 0 Å². The van der Waals surface area contributed by atoms with Gasteiger partial charge >= 0.3 is 0 Å². The van der Waals surface area contributed by atoms with Gasteiger partial charge in [-0.3, -0.25) is 0 Å². The zero-order valence-corrected chi connectivity index (χ0v) is 33.0. The summed E-state index contributed by atoms with van der Waals surface area (Å²) in [6.07, 6.45) is 6.82. The molecule has 8 rings (SSSR count). The van der Waals surface area contributed by atoms with Crippen molar-refractivity contribution in [3.05, 3.63) is 95.0 Å². The normalized spacial score (nSPS) is 16.1. The van der Waals surface area contributed by atoms with E-state index < -0.39 is 11.6 Å². The Labute approximate surface area is 338 Å². The van der Waals surface area contributed by atoms with Gasteiger partial charge in [-0.25, -0.2) is 28.7 Å². The van der Waals surface area contributed by atoms with Gasteiger partial charge in [-0.2, -0.15) is 0 Å². The fourth-order valence-electron chi connectivity index (χ4n) is 6.52. The maximum Gasteiger partial charge on any atom is 0.162 e. The first-order valence-corrected chi connectivity index (χ1v) is 19.1. The molecule has 2 saturated heterocycles. The fourth-order valence-corrected chi connectivity index (χ4v) is 6.88. The number of methoxy groups -OCH3 is 2. The summed E-state index contributed by atoms with van der Waals surface area (Å²) in [7, 11) is 5.32. The standard InChI is InChI=1S/C21H22ClFN4O2.C20H19ClFN3O3/c1-27-7-5-14(6-8-27)29-20-10-15-18(11-19(20)28-2)24-12-25-21(15)26-13-3-4-17(23)16(22)9-13;1-26-18-9-17-14(8-19(18)28-13-3-2-6-27-10-13)20(24-11-23-17)25-12-4-5-16(22)15(21)7-12/h3-4,9-12,14H,5-8H2,1-2H3,(H,24,25,26);4-5,7-9,11,13H,2-3,6,10H2,1H3,(H,23,24,25). The Bertz CT molecular complexity index is 2350. The number of nitrogens with zero attached hydrogens (tertiary/aromatic N) is 5. The quantitative estimate of drug-likeness (QED) is 0.137. The van der Waals surface area contributed by atoms with Gasteiger partial charge in [0.25, 0.3) is 0 Å². The van der Waals surface area contributed by atoms with E-state index in [4.69, 9.17) is 46.9 Å². The van der Waals surface area contributed by atoms with Gasteiger partial charge in [0, 0.05) is 54.0 Å². The average molecular weight is 821 g/mol. The van der Waals surface area contributed by atoms with Crippen molar-refractivity contribution in [3.63, 3.8) is 0 Å². The number of hydrogen-bond donors (Lipinski definition) is 2. The van der Waals surface area contributed by atoms with Crippen LogP contribution in [-0.4, -0.2) is 84.6 Å². The molecule has 0 radical (unpaired) electrons. The smallest absolute Gasteiger partial charge is 0.162 e. The van der Waals surface area contributed by atoms with Crippen LogP contribution in [-0.2, 0) is 4.74 Å². The lowest BCUT2D eigenvalue weighted by Crippen LogP contribution is -2.35. The molecular weight excluding hydrogens is 779 g/mol. The van der Waals surface area contributed by atoms with Gasteiger partial charge < -0.3 is 39.2 Å². The third kappa shape index (κ3) is 9.82. The van der Waals surface area contributed by atoms with E-state index in [2.05, 4.69) is 42.5 Å². The largest absolute Gasteiger partial charge is 0.493 e. The molecule has 0 saturated carbocycles. The molecule has 2 aromatic heterocycles. The zero-order chi connectivity index (χ0) is 39.9. The van der Waals surface area contributed by atoms with E-state index in [0.717, 1.165) is 56.2 Å². The molecule has 0 aliphatic carbocycles. The number of likely N-dealkylation sites (tertiary alicyclic amines) is 1. The maximum atomic E-state index is 13.5. The van der Waals surface area contributed by atoms with Crippen molar-refractivity contribution in [1.82, 2.24) is 24.8 Å². The first-order chi connectivity index (χ1) is 27.7. The summed E-state index contributed by atoms with van der Waals surface area (Å²) in [6.45, 7) is 3.31. The van der Waals surface area contributed by atoms with E-state index >= 15 is 0 Å². The second kappa shape index (κ2) is 18.3. The van der Waals surface area contributed by atoms with Crippen LogP contribution in [0.2, 0.25) is 10.0 Å². The molecule has 2 fully saturated rings. The van der Waals surface area contributed by atoms with Crippen LogP contribution < -0.4 is 29.6 Å². The monoisotopic (exact) mass is 819 g/mol. The van der Waals surface area contributed by atoms with E-state index in [9.17, 15) is 8.78 Å². The highest BCUT2D eigenvalue weighted by atomic mass is 35.5. The van der Waals surface area contributed by atoms with Crippen molar-refractivity contribution in [2.45, 2.75) is 37.9 Å². The minimum absolute atomic E-state index is 0.0305. The number of aromatic nitrogens is 4. The van der Waals surface area contributed by atoms with Crippen molar-refractivity contribution >= 4 is 68.0 Å². The van der Waals surface area contributed by atoms with Crippen LogP contribution in [0.15, 0.2) is 73.3 Å². The molecule has 1 atom stereocenters. The average Bonchev–Trinajstić information content (AvgIpc) is 3.22. The molecule has 0 amide bonds. The van der Waals surface area contributed by atoms with Gasteiger partial charge in [-0.05, 0) is 81.3 Å². The molecule has 57 heavy (non-hydrogen) atoms. The SMILES string of the molecule is COc1cc2ncnc(Nc3ccc(F)c(Cl)c3)c2cc1OC1CCCOC1.COc1cc2ncnc(Nc3ccc(F)c(Cl)c3)c2cc1OC1CCN(C)CC1. The van der Waals surface area contributed by atoms with E-state index in [-0.39, 0.29) is 22.3 Å². The number of piperidine rings is 1. The van der Waals surface area contributed by atoms with Crippen molar-refractivity contribution in [3.8, 4) is 23.0 Å². The number of benzene rings is 4. The number of rotatable bonds is 10. The lowest BCUT2D eigenvalue weighted by Gasteiger charge is -2.29. The van der Waals surface area contributed by atoms with Crippen LogP contribution in [0.1, 0.15) is 25.7 Å². The summed E-state index contributed by atoms with van der Waals surface area (Å²) in [5.41, 5.74) is 2.65. The number of hydrogen-bond acceptors (Lipinski definition) is 12. The molecule has 2 N–H and O–H groups in total. The molecular formula is C41H41Cl2F2N7O5. The second-order valence-corrected chi connectivity index (χ2v) is 14.4. The summed E-state index contributed by atoms with van der Waals surface area (Å²) in [5.74, 6) is 2.66. The van der Waals surface area contributed by atoms with Gasteiger partial charge in [0.1, 0.15) is 48.1 Å². The number of halogens is 4. The predicted octanol–water partition coefficient (Wildman–Crippen LogP) is 9.38. The number of fused-ring (bicyclic) bond motifs is 2. The summed E-state index contributed by atoms with van der Waals surface area (Å²) < 4.78 is 55.8. The first kappa shape index (κ1) is 39.9. The van der Waals surface area contributed by atoms with E-state index in [1.165, 1.54) is 36.9 Å². The van der Waals surface area contributed by atoms with Gasteiger partial charge in [0.05, 0.1) is 41.9 Å². The third-order valence-electron chi connectivity index (χ3n) is 9.58. The molecule has 1 unspecified atom stereocenters. The number of nitrogens with one attached hydrogen (secondary N) is 2. The van der Waals surface area contributed by atoms with Crippen LogP contribution in [0, 0.1) is 11.6 Å². The predicted molar refractivity (Wildman–Crippen MR) is 217 cm³/mol. The Kier molecular flexibility index (Phi) is 12.8. The Morgan fingerprint density at radius 1 is 0.667 bits per heavy atom. The third-order valence-corrected chi connectivity index (χ3v) is 10.2. The highest BCUT2D eigenvalue weighted by molar-refractivity contribution is 6.31. The molecule has 2 aliphatic rings. The van der Waals surface area contributed by atoms with Crippen molar-refractivity contribution < 1.29 is 32.5 Å². The zero-order valence-electron chi connectivity index (χ0n) is 31.5. The Morgan fingerprint density at radius 2 is 1.18 bits per heavy atom. The lowest BCUT2D eigenvalue weighted by molar-refractivity contribution is 0.00651. The minimum Gasteiger partial charge on any atom is -0.493 e. The number of ether oxygens (including phenoxy) is 5. The van der Waals surface area contributed by atoms with E-state index in [0.29, 0.717) is 63.6 Å². The molecule has 12 nitrogen and oxygen atoms in total. The molecule has 298 valence electrons. The molecule has 0 spiro atoms. The minimum atomic E-state index is -0.477. The van der Waals surface area contributed by atoms with Gasteiger partial charge in [-0.1, -0.05) is 23.2 Å². The van der Waals surface area contributed by atoms with E-state index in [1.807, 2.05) is 18.2 Å². The van der Waals surface area contributed by atoms with Gasteiger partial charge in [0.15, 0.2) is 23.0 Å². The van der Waals surface area contributed by atoms with Crippen molar-refractivity contribution in [2.24, 2.45) is 0 Å². The molecule has 16 heteroatoms. The van der Waals surface area contributed by atoms with Gasteiger partial charge in [0.2, 0.25) is 0 Å². The summed E-state index contributed by atoms with van der Waals surface area (Å²) in [6, 6.07) is 16.2. The summed E-state index contributed by atoms with van der Waals surface area (Å²) in [4.78, 5) is 19.6. The van der Waals surface area contributed by atoms with Crippen LogP contribution in [0.4, 0.5) is 31.8 Å². The maximum absolute atomic E-state index is 13.5. The Morgan fingerprint density at radius 3 is 1.63 bits per heavy atom. The lowest BCUT2D eigenvalue weighted by atomic mass is 10.1. The van der Waals surface area contributed by atoms with Gasteiger partial charge in [-0.15, -0.1) is 0 Å². The second-order valence-electron chi connectivity index (χ2n) is 13.6. The molecule has 0 bridgehead atoms. The Balaban J connectivity index is 0.000000174. The molecule has 6 aromatic rings. The molecule has 4 aromatic carbocycles. The highest BCUT2D eigenvalue weighted by Crippen LogP contribution is 2.38. The van der Waals surface area contributed by atoms with Crippen LogP contribution >= 0.6 is 23.2 Å². The topological polar surface area (TPSA) is 125 Å². The molecule has 2 aliphatic heterocycles. The number of anilines is 4. The van der Waals surface area contributed by atoms with Crippen molar-refractivity contribution in [2.75, 3.05) is 58.2 Å². The fraction of sp³-hybridized carbons (Fsp3) is 0.317. The first-order valence-electron chi connectivity index (χ1n) is 18.4. The van der Waals surface area contributed by atoms with Crippen LogP contribution in [0.25, 0.3) is 21.8 Å².